The molecule has 2 N–H and O–H groups in total. The molecule has 1 unspecified atom stereocenters. The van der Waals surface area contributed by atoms with Crippen molar-refractivity contribution in [3.63, 3.8) is 0 Å². The Morgan fingerprint density at radius 3 is 2.75 bits per heavy atom. The Bertz CT molecular complexity index is 458. The largest absolute Gasteiger partial charge is 0.398 e. The molecule has 0 heterocycles. The molecule has 1 fully saturated rings. The van der Waals surface area contributed by atoms with Crippen LogP contribution in [0.3, 0.4) is 0 Å². The van der Waals surface area contributed by atoms with Gasteiger partial charge in [-0.15, -0.1) is 0 Å². The highest BCUT2D eigenvalue weighted by atomic mass is 16.5. The minimum absolute atomic E-state index is 0.209. The predicted octanol–water partition coefficient (Wildman–Crippen LogP) is 2.43. The number of rotatable bonds is 7. The summed E-state index contributed by atoms with van der Waals surface area (Å²) in [5.41, 5.74) is 7.78. The zero-order valence-electron chi connectivity index (χ0n) is 12.3. The molecule has 1 aliphatic rings. The van der Waals surface area contributed by atoms with Crippen LogP contribution in [0.4, 0.5) is 5.69 Å². The van der Waals surface area contributed by atoms with Crippen LogP contribution in [0.2, 0.25) is 0 Å². The van der Waals surface area contributed by atoms with E-state index in [0.717, 1.165) is 24.1 Å². The van der Waals surface area contributed by atoms with E-state index in [1.54, 1.807) is 7.11 Å². The predicted molar refractivity (Wildman–Crippen MR) is 80.1 cm³/mol. The lowest BCUT2D eigenvalue weighted by Crippen LogP contribution is -2.34. The Kier molecular flexibility index (Phi) is 5.01. The standard InChI is InChI=1S/C16H24N2O2/c1-12(11-20-2)9-16(19)18(14-7-8-14)10-13-5-3-4-6-15(13)17/h3-6,12,14H,7-11,17H2,1-2H3. The van der Waals surface area contributed by atoms with E-state index in [1.165, 1.54) is 0 Å². The summed E-state index contributed by atoms with van der Waals surface area (Å²) in [5.74, 6) is 0.460. The number of hydrogen-bond donors (Lipinski definition) is 1. The van der Waals surface area contributed by atoms with Gasteiger partial charge in [0.05, 0.1) is 0 Å². The SMILES string of the molecule is COCC(C)CC(=O)N(Cc1ccccc1N)C1CC1. The van der Waals surface area contributed by atoms with Crippen molar-refractivity contribution in [1.29, 1.82) is 0 Å². The van der Waals surface area contributed by atoms with Crippen molar-refractivity contribution in [1.82, 2.24) is 4.90 Å². The molecule has 0 aromatic heterocycles. The van der Waals surface area contributed by atoms with Crippen LogP contribution in [-0.4, -0.2) is 30.6 Å². The van der Waals surface area contributed by atoms with Gasteiger partial charge in [-0.25, -0.2) is 0 Å². The number of amides is 1. The summed E-state index contributed by atoms with van der Waals surface area (Å²) >= 11 is 0. The average molecular weight is 276 g/mol. The Morgan fingerprint density at radius 2 is 2.15 bits per heavy atom. The number of benzene rings is 1. The molecule has 1 aromatic rings. The summed E-state index contributed by atoms with van der Waals surface area (Å²) in [6, 6.07) is 8.17. The first-order valence-corrected chi connectivity index (χ1v) is 7.23. The number of para-hydroxylation sites is 1. The van der Waals surface area contributed by atoms with E-state index >= 15 is 0 Å². The van der Waals surface area contributed by atoms with Crippen LogP contribution in [0.1, 0.15) is 31.7 Å². The van der Waals surface area contributed by atoms with Gasteiger partial charge in [0.2, 0.25) is 5.91 Å². The third-order valence-electron chi connectivity index (χ3n) is 3.68. The average Bonchev–Trinajstić information content (AvgIpc) is 3.22. The molecule has 1 atom stereocenters. The van der Waals surface area contributed by atoms with E-state index in [0.29, 0.717) is 25.6 Å². The summed E-state index contributed by atoms with van der Waals surface area (Å²) in [5, 5.41) is 0. The van der Waals surface area contributed by atoms with Crippen LogP contribution in [0.5, 0.6) is 0 Å². The molecule has 1 amide bonds. The Balaban J connectivity index is 2.00. The number of ether oxygens (including phenoxy) is 1. The van der Waals surface area contributed by atoms with Crippen LogP contribution >= 0.6 is 0 Å². The lowest BCUT2D eigenvalue weighted by molar-refractivity contribution is -0.133. The molecule has 20 heavy (non-hydrogen) atoms. The number of carbonyl (C=O) groups excluding carboxylic acids is 1. The maximum atomic E-state index is 12.5. The summed E-state index contributed by atoms with van der Waals surface area (Å²) in [7, 11) is 1.67. The molecular weight excluding hydrogens is 252 g/mol. The molecule has 4 nitrogen and oxygen atoms in total. The fraction of sp³-hybridized carbons (Fsp3) is 0.562. The van der Waals surface area contributed by atoms with Gasteiger partial charge in [-0.3, -0.25) is 4.79 Å². The van der Waals surface area contributed by atoms with E-state index < -0.39 is 0 Å². The molecular formula is C16H24N2O2. The highest BCUT2D eigenvalue weighted by Crippen LogP contribution is 2.30. The van der Waals surface area contributed by atoms with Gasteiger partial charge in [0.1, 0.15) is 0 Å². The molecule has 0 radical (unpaired) electrons. The van der Waals surface area contributed by atoms with Crippen molar-refractivity contribution in [2.24, 2.45) is 5.92 Å². The van der Waals surface area contributed by atoms with E-state index in [1.807, 2.05) is 36.1 Å². The monoisotopic (exact) mass is 276 g/mol. The summed E-state index contributed by atoms with van der Waals surface area (Å²) in [6.07, 6.45) is 2.76. The minimum atomic E-state index is 0.209. The molecule has 4 heteroatoms. The van der Waals surface area contributed by atoms with Crippen LogP contribution in [0.15, 0.2) is 24.3 Å². The molecule has 0 aliphatic heterocycles. The van der Waals surface area contributed by atoms with Crippen molar-refractivity contribution < 1.29 is 9.53 Å². The number of nitrogen functional groups attached to an aromatic ring is 1. The molecule has 1 aromatic carbocycles. The lowest BCUT2D eigenvalue weighted by atomic mass is 10.1. The second-order valence-electron chi connectivity index (χ2n) is 5.72. The van der Waals surface area contributed by atoms with Gasteiger partial charge >= 0.3 is 0 Å². The second-order valence-corrected chi connectivity index (χ2v) is 5.72. The van der Waals surface area contributed by atoms with E-state index in [-0.39, 0.29) is 11.8 Å². The number of hydrogen-bond acceptors (Lipinski definition) is 3. The Labute approximate surface area is 120 Å². The van der Waals surface area contributed by atoms with Gasteiger partial charge in [0.25, 0.3) is 0 Å². The van der Waals surface area contributed by atoms with Crippen molar-refractivity contribution in [3.8, 4) is 0 Å². The zero-order valence-corrected chi connectivity index (χ0v) is 12.3. The number of carbonyl (C=O) groups is 1. The molecule has 0 spiro atoms. The molecule has 1 aliphatic carbocycles. The fourth-order valence-corrected chi connectivity index (χ4v) is 2.43. The first kappa shape index (κ1) is 14.9. The quantitative estimate of drug-likeness (QED) is 0.778. The van der Waals surface area contributed by atoms with E-state index in [4.69, 9.17) is 10.5 Å². The smallest absolute Gasteiger partial charge is 0.223 e. The Hall–Kier alpha value is -1.55. The molecule has 110 valence electrons. The van der Waals surface area contributed by atoms with E-state index in [2.05, 4.69) is 0 Å². The molecule has 0 saturated heterocycles. The van der Waals surface area contributed by atoms with Gasteiger partial charge in [-0.2, -0.15) is 0 Å². The van der Waals surface area contributed by atoms with Gasteiger partial charge < -0.3 is 15.4 Å². The number of methoxy groups -OCH3 is 1. The fourth-order valence-electron chi connectivity index (χ4n) is 2.43. The maximum Gasteiger partial charge on any atom is 0.223 e. The number of anilines is 1. The second kappa shape index (κ2) is 6.75. The highest BCUT2D eigenvalue weighted by Gasteiger charge is 2.33. The third-order valence-corrected chi connectivity index (χ3v) is 3.68. The van der Waals surface area contributed by atoms with Crippen LogP contribution in [0, 0.1) is 5.92 Å². The third kappa shape index (κ3) is 3.97. The normalized spacial score (nSPS) is 15.9. The summed E-state index contributed by atoms with van der Waals surface area (Å²) in [4.78, 5) is 14.4. The lowest BCUT2D eigenvalue weighted by Gasteiger charge is -2.24. The Morgan fingerprint density at radius 1 is 1.45 bits per heavy atom. The van der Waals surface area contributed by atoms with Gasteiger partial charge in [-0.1, -0.05) is 25.1 Å². The first-order valence-electron chi connectivity index (χ1n) is 7.23. The van der Waals surface area contributed by atoms with Gasteiger partial charge in [-0.05, 0) is 30.4 Å². The van der Waals surface area contributed by atoms with Gasteiger partial charge in [0.15, 0.2) is 0 Å². The maximum absolute atomic E-state index is 12.5. The minimum Gasteiger partial charge on any atom is -0.398 e. The van der Waals surface area contributed by atoms with Crippen molar-refractivity contribution >= 4 is 11.6 Å². The first-order chi connectivity index (χ1) is 9.61. The summed E-state index contributed by atoms with van der Waals surface area (Å²) in [6.45, 7) is 3.29. The zero-order chi connectivity index (χ0) is 14.5. The van der Waals surface area contributed by atoms with Crippen molar-refractivity contribution in [3.05, 3.63) is 29.8 Å². The van der Waals surface area contributed by atoms with Crippen LogP contribution < -0.4 is 5.73 Å². The van der Waals surface area contributed by atoms with Gasteiger partial charge in [0, 0.05) is 38.4 Å². The topological polar surface area (TPSA) is 55.6 Å². The summed E-state index contributed by atoms with van der Waals surface area (Å²) < 4.78 is 5.11. The number of nitrogens with two attached hydrogens (primary N) is 1. The highest BCUT2D eigenvalue weighted by molar-refractivity contribution is 5.77. The van der Waals surface area contributed by atoms with Crippen LogP contribution in [0.25, 0.3) is 0 Å². The van der Waals surface area contributed by atoms with Crippen molar-refractivity contribution in [2.75, 3.05) is 19.5 Å². The molecule has 2 rings (SSSR count). The van der Waals surface area contributed by atoms with Crippen molar-refractivity contribution in [2.45, 2.75) is 38.8 Å². The number of nitrogens with zero attached hydrogens (tertiary/aromatic N) is 1. The van der Waals surface area contributed by atoms with E-state index in [9.17, 15) is 4.79 Å². The van der Waals surface area contributed by atoms with Crippen LogP contribution in [-0.2, 0) is 16.1 Å². The molecule has 0 bridgehead atoms. The molecule has 1 saturated carbocycles.